The summed E-state index contributed by atoms with van der Waals surface area (Å²) in [4.78, 5) is 11.8. The zero-order chi connectivity index (χ0) is 13.8. The van der Waals surface area contributed by atoms with Gasteiger partial charge >= 0.3 is 5.69 Å². The van der Waals surface area contributed by atoms with Gasteiger partial charge in [-0.2, -0.15) is 5.10 Å². The van der Waals surface area contributed by atoms with Crippen LogP contribution in [0.2, 0.25) is 0 Å². The van der Waals surface area contributed by atoms with E-state index in [0.717, 1.165) is 11.3 Å². The van der Waals surface area contributed by atoms with E-state index in [-0.39, 0.29) is 11.7 Å². The van der Waals surface area contributed by atoms with E-state index in [4.69, 9.17) is 10.5 Å². The summed E-state index contributed by atoms with van der Waals surface area (Å²) in [5.74, 6) is 1.47. The molecule has 0 radical (unpaired) electrons. The quantitative estimate of drug-likeness (QED) is 0.830. The van der Waals surface area contributed by atoms with Gasteiger partial charge in [-0.25, -0.2) is 9.89 Å². The number of nitrogens with two attached hydrogens (primary N) is 1. The average Bonchev–Trinajstić information content (AvgIpc) is 2.80. The van der Waals surface area contributed by atoms with Crippen molar-refractivity contribution in [3.63, 3.8) is 0 Å². The fourth-order valence-electron chi connectivity index (χ4n) is 2.07. The molecule has 0 fully saturated rings. The predicted molar refractivity (Wildman–Crippen MR) is 72.4 cm³/mol. The number of aromatic nitrogens is 3. The van der Waals surface area contributed by atoms with Crippen LogP contribution in [0.25, 0.3) is 0 Å². The third kappa shape index (κ3) is 2.68. The minimum absolute atomic E-state index is 0.0984. The minimum atomic E-state index is -0.216. The Labute approximate surface area is 111 Å². The number of aromatic amines is 1. The SMILES string of the molecule is COc1ccc([C@@H](C)n2c(CCN)n[nH]c2=O)cc1. The number of H-pyrrole nitrogens is 1. The van der Waals surface area contributed by atoms with Crippen molar-refractivity contribution >= 4 is 0 Å². The van der Waals surface area contributed by atoms with Crippen LogP contribution in [0.5, 0.6) is 5.75 Å². The summed E-state index contributed by atoms with van der Waals surface area (Å²) < 4.78 is 6.76. The van der Waals surface area contributed by atoms with Crippen molar-refractivity contribution in [3.8, 4) is 5.75 Å². The fourth-order valence-corrected chi connectivity index (χ4v) is 2.07. The van der Waals surface area contributed by atoms with Gasteiger partial charge in [0.25, 0.3) is 0 Å². The molecule has 0 aliphatic heterocycles. The van der Waals surface area contributed by atoms with Gasteiger partial charge in [-0.3, -0.25) is 4.57 Å². The molecule has 3 N–H and O–H groups in total. The number of nitrogens with zero attached hydrogens (tertiary/aromatic N) is 2. The van der Waals surface area contributed by atoms with Crippen LogP contribution in [0.15, 0.2) is 29.1 Å². The number of ether oxygens (including phenoxy) is 1. The van der Waals surface area contributed by atoms with Crippen molar-refractivity contribution in [1.82, 2.24) is 14.8 Å². The van der Waals surface area contributed by atoms with E-state index < -0.39 is 0 Å². The summed E-state index contributed by atoms with van der Waals surface area (Å²) in [6.45, 7) is 2.42. The first-order chi connectivity index (χ1) is 9.17. The number of nitrogens with one attached hydrogen (secondary N) is 1. The van der Waals surface area contributed by atoms with Crippen LogP contribution in [0.3, 0.4) is 0 Å². The Balaban J connectivity index is 2.34. The van der Waals surface area contributed by atoms with Gasteiger partial charge in [0, 0.05) is 6.42 Å². The molecular weight excluding hydrogens is 244 g/mol. The maximum Gasteiger partial charge on any atom is 0.343 e. The van der Waals surface area contributed by atoms with Crippen LogP contribution < -0.4 is 16.2 Å². The van der Waals surface area contributed by atoms with Gasteiger partial charge < -0.3 is 10.5 Å². The summed E-state index contributed by atoms with van der Waals surface area (Å²) in [5, 5.41) is 6.48. The Bertz CT molecular complexity index is 585. The molecule has 6 nitrogen and oxygen atoms in total. The summed E-state index contributed by atoms with van der Waals surface area (Å²) in [7, 11) is 1.62. The van der Waals surface area contributed by atoms with Crippen LogP contribution >= 0.6 is 0 Å². The second kappa shape index (κ2) is 5.71. The Hall–Kier alpha value is -2.08. The van der Waals surface area contributed by atoms with Crippen molar-refractivity contribution < 1.29 is 4.74 Å². The monoisotopic (exact) mass is 262 g/mol. The van der Waals surface area contributed by atoms with Gasteiger partial charge in [0.1, 0.15) is 11.6 Å². The first kappa shape index (κ1) is 13.4. The molecule has 0 amide bonds. The van der Waals surface area contributed by atoms with Crippen molar-refractivity contribution in [2.24, 2.45) is 5.73 Å². The number of rotatable bonds is 5. The van der Waals surface area contributed by atoms with E-state index in [1.54, 1.807) is 11.7 Å². The third-order valence-electron chi connectivity index (χ3n) is 3.13. The second-order valence-corrected chi connectivity index (χ2v) is 4.30. The second-order valence-electron chi connectivity index (χ2n) is 4.30. The topological polar surface area (TPSA) is 85.9 Å². The molecule has 0 aliphatic rings. The first-order valence-corrected chi connectivity index (χ1v) is 6.17. The van der Waals surface area contributed by atoms with Gasteiger partial charge in [-0.1, -0.05) is 12.1 Å². The van der Waals surface area contributed by atoms with Crippen LogP contribution in [0.1, 0.15) is 24.4 Å². The molecule has 0 unspecified atom stereocenters. The highest BCUT2D eigenvalue weighted by molar-refractivity contribution is 5.29. The first-order valence-electron chi connectivity index (χ1n) is 6.17. The molecule has 0 spiro atoms. The third-order valence-corrected chi connectivity index (χ3v) is 3.13. The Kier molecular flexibility index (Phi) is 4.01. The molecular formula is C13H18N4O2. The molecule has 0 aliphatic carbocycles. The van der Waals surface area contributed by atoms with Crippen molar-refractivity contribution in [2.75, 3.05) is 13.7 Å². The number of hydrogen-bond acceptors (Lipinski definition) is 4. The molecule has 0 saturated heterocycles. The Morgan fingerprint density at radius 2 is 2.11 bits per heavy atom. The molecule has 0 bridgehead atoms. The van der Waals surface area contributed by atoms with Crippen LogP contribution in [0.4, 0.5) is 0 Å². The standard InChI is InChI=1S/C13H18N4O2/c1-9(10-3-5-11(19-2)6-4-10)17-12(7-8-14)15-16-13(17)18/h3-6,9H,7-8,14H2,1-2H3,(H,16,18)/t9-/m1/s1. The van der Waals surface area contributed by atoms with Gasteiger partial charge in [-0.05, 0) is 31.2 Å². The normalized spacial score (nSPS) is 12.4. The zero-order valence-electron chi connectivity index (χ0n) is 11.1. The van der Waals surface area contributed by atoms with Gasteiger partial charge in [0.15, 0.2) is 0 Å². The van der Waals surface area contributed by atoms with E-state index >= 15 is 0 Å². The minimum Gasteiger partial charge on any atom is -0.497 e. The molecule has 19 heavy (non-hydrogen) atoms. The smallest absolute Gasteiger partial charge is 0.343 e. The predicted octanol–water partition coefficient (Wildman–Crippen LogP) is 0.690. The molecule has 1 heterocycles. The summed E-state index contributed by atoms with van der Waals surface area (Å²) >= 11 is 0. The fraction of sp³-hybridized carbons (Fsp3) is 0.385. The molecule has 0 saturated carbocycles. The maximum absolute atomic E-state index is 11.8. The number of hydrogen-bond donors (Lipinski definition) is 2. The van der Waals surface area contributed by atoms with E-state index in [2.05, 4.69) is 10.2 Å². The molecule has 6 heteroatoms. The van der Waals surface area contributed by atoms with Crippen molar-refractivity contribution in [1.29, 1.82) is 0 Å². The molecule has 1 aromatic heterocycles. The Morgan fingerprint density at radius 1 is 1.42 bits per heavy atom. The average molecular weight is 262 g/mol. The summed E-state index contributed by atoms with van der Waals surface area (Å²) in [6.07, 6.45) is 0.569. The molecule has 2 rings (SSSR count). The summed E-state index contributed by atoms with van der Waals surface area (Å²) in [6, 6.07) is 7.53. The zero-order valence-corrected chi connectivity index (χ0v) is 11.1. The van der Waals surface area contributed by atoms with E-state index in [0.29, 0.717) is 18.8 Å². The van der Waals surface area contributed by atoms with E-state index in [1.165, 1.54) is 0 Å². The van der Waals surface area contributed by atoms with Gasteiger partial charge in [0.05, 0.1) is 13.2 Å². The lowest BCUT2D eigenvalue weighted by Gasteiger charge is -2.15. The maximum atomic E-state index is 11.8. The van der Waals surface area contributed by atoms with E-state index in [9.17, 15) is 4.79 Å². The van der Waals surface area contributed by atoms with Gasteiger partial charge in [-0.15, -0.1) is 0 Å². The molecule has 1 aromatic carbocycles. The van der Waals surface area contributed by atoms with Gasteiger partial charge in [0.2, 0.25) is 0 Å². The van der Waals surface area contributed by atoms with Crippen LogP contribution in [-0.4, -0.2) is 28.4 Å². The number of benzene rings is 1. The molecule has 2 aromatic rings. The van der Waals surface area contributed by atoms with Crippen LogP contribution in [-0.2, 0) is 6.42 Å². The lowest BCUT2D eigenvalue weighted by atomic mass is 10.1. The lowest BCUT2D eigenvalue weighted by molar-refractivity contribution is 0.414. The molecule has 102 valence electrons. The Morgan fingerprint density at radius 3 is 2.68 bits per heavy atom. The highest BCUT2D eigenvalue weighted by Crippen LogP contribution is 2.20. The number of methoxy groups -OCH3 is 1. The highest BCUT2D eigenvalue weighted by atomic mass is 16.5. The van der Waals surface area contributed by atoms with Crippen molar-refractivity contribution in [2.45, 2.75) is 19.4 Å². The largest absolute Gasteiger partial charge is 0.497 e. The van der Waals surface area contributed by atoms with E-state index in [1.807, 2.05) is 31.2 Å². The highest BCUT2D eigenvalue weighted by Gasteiger charge is 2.15. The molecule has 1 atom stereocenters. The lowest BCUT2D eigenvalue weighted by Crippen LogP contribution is -2.24. The van der Waals surface area contributed by atoms with Crippen molar-refractivity contribution in [3.05, 3.63) is 46.1 Å². The summed E-state index contributed by atoms with van der Waals surface area (Å²) in [5.41, 5.74) is 6.33. The van der Waals surface area contributed by atoms with Crippen LogP contribution in [0, 0.1) is 0 Å².